The zero-order valence-corrected chi connectivity index (χ0v) is 12.0. The Labute approximate surface area is 115 Å². The van der Waals surface area contributed by atoms with E-state index in [1.165, 1.54) is 11.3 Å². The summed E-state index contributed by atoms with van der Waals surface area (Å²) in [6, 6.07) is 0. The second kappa shape index (κ2) is 6.05. The fourth-order valence-corrected chi connectivity index (χ4v) is 2.46. The molecule has 1 rings (SSSR count). The number of aliphatic carboxylic acids is 1. The third-order valence-electron chi connectivity index (χ3n) is 2.58. The molecule has 0 spiro atoms. The number of nitrogens with one attached hydrogen (secondary N) is 1. The minimum atomic E-state index is -0.782. The summed E-state index contributed by atoms with van der Waals surface area (Å²) in [5.74, 6) is -0.782. The summed E-state index contributed by atoms with van der Waals surface area (Å²) in [5.41, 5.74) is 0.248. The van der Waals surface area contributed by atoms with Gasteiger partial charge in [-0.15, -0.1) is 11.3 Å². The van der Waals surface area contributed by atoms with Crippen LogP contribution in [0.15, 0.2) is 5.38 Å². The van der Waals surface area contributed by atoms with Crippen LogP contribution in [0.25, 0.3) is 0 Å². The van der Waals surface area contributed by atoms with Crippen molar-refractivity contribution in [1.29, 1.82) is 0 Å². The van der Waals surface area contributed by atoms with E-state index in [-0.39, 0.29) is 0 Å². The first-order valence-corrected chi connectivity index (χ1v) is 6.83. The summed E-state index contributed by atoms with van der Waals surface area (Å²) in [7, 11) is 0. The van der Waals surface area contributed by atoms with Gasteiger partial charge in [-0.3, -0.25) is 4.79 Å². The van der Waals surface area contributed by atoms with Crippen LogP contribution in [0, 0.1) is 5.41 Å². The standard InChI is InChI=1S/C11H15Cl2NO2S/c1-11(2,10(15)16)3-4-14-5-7-6-17-9(13)8(7)12/h6,14H,3-5H2,1-2H3,(H,15,16). The van der Waals surface area contributed by atoms with Gasteiger partial charge in [0.05, 0.1) is 10.4 Å². The Morgan fingerprint density at radius 2 is 2.18 bits per heavy atom. The highest BCUT2D eigenvalue weighted by molar-refractivity contribution is 7.15. The van der Waals surface area contributed by atoms with E-state index < -0.39 is 11.4 Å². The monoisotopic (exact) mass is 295 g/mol. The zero-order chi connectivity index (χ0) is 13.1. The van der Waals surface area contributed by atoms with Crippen LogP contribution in [0.2, 0.25) is 9.36 Å². The van der Waals surface area contributed by atoms with E-state index in [4.69, 9.17) is 28.3 Å². The molecule has 0 aliphatic rings. The van der Waals surface area contributed by atoms with Gasteiger partial charge in [0.2, 0.25) is 0 Å². The van der Waals surface area contributed by atoms with E-state index >= 15 is 0 Å². The third kappa shape index (κ3) is 4.14. The highest BCUT2D eigenvalue weighted by Crippen LogP contribution is 2.32. The number of carboxylic acid groups (broad SMARTS) is 1. The topological polar surface area (TPSA) is 49.3 Å². The molecule has 0 amide bonds. The molecule has 0 aliphatic carbocycles. The average molecular weight is 296 g/mol. The average Bonchev–Trinajstić information content (AvgIpc) is 2.55. The Hall–Kier alpha value is -0.290. The largest absolute Gasteiger partial charge is 0.481 e. The fourth-order valence-electron chi connectivity index (χ4n) is 1.20. The van der Waals surface area contributed by atoms with Gasteiger partial charge in [0.25, 0.3) is 0 Å². The lowest BCUT2D eigenvalue weighted by molar-refractivity contribution is -0.147. The Bertz CT molecular complexity index is 404. The van der Waals surface area contributed by atoms with Gasteiger partial charge in [-0.2, -0.15) is 0 Å². The Morgan fingerprint density at radius 1 is 1.53 bits per heavy atom. The molecule has 2 N–H and O–H groups in total. The molecule has 0 bridgehead atoms. The van der Waals surface area contributed by atoms with Crippen molar-refractivity contribution in [3.63, 3.8) is 0 Å². The third-order valence-corrected chi connectivity index (χ3v) is 4.49. The summed E-state index contributed by atoms with van der Waals surface area (Å²) in [6.45, 7) is 4.66. The normalized spacial score (nSPS) is 11.8. The minimum absolute atomic E-state index is 0.567. The Balaban J connectivity index is 2.34. The van der Waals surface area contributed by atoms with Crippen molar-refractivity contribution >= 4 is 40.5 Å². The molecule has 0 fully saturated rings. The molecule has 3 nitrogen and oxygen atoms in total. The molecule has 1 aromatic rings. The molecule has 6 heteroatoms. The second-order valence-electron chi connectivity index (χ2n) is 4.46. The highest BCUT2D eigenvalue weighted by atomic mass is 35.5. The van der Waals surface area contributed by atoms with Crippen LogP contribution in [0.3, 0.4) is 0 Å². The van der Waals surface area contributed by atoms with Gasteiger partial charge in [-0.25, -0.2) is 0 Å². The van der Waals surface area contributed by atoms with Crippen molar-refractivity contribution < 1.29 is 9.90 Å². The predicted octanol–water partition coefficient (Wildman–Crippen LogP) is 3.65. The second-order valence-corrected chi connectivity index (χ2v) is 6.32. The van der Waals surface area contributed by atoms with Gasteiger partial charge < -0.3 is 10.4 Å². The summed E-state index contributed by atoms with van der Waals surface area (Å²) in [4.78, 5) is 10.9. The number of halogens is 2. The van der Waals surface area contributed by atoms with E-state index in [1.54, 1.807) is 13.8 Å². The molecule has 17 heavy (non-hydrogen) atoms. The first-order chi connectivity index (χ1) is 7.84. The first kappa shape index (κ1) is 14.8. The van der Waals surface area contributed by atoms with E-state index in [1.807, 2.05) is 5.38 Å². The van der Waals surface area contributed by atoms with Crippen molar-refractivity contribution in [3.05, 3.63) is 20.3 Å². The van der Waals surface area contributed by atoms with Crippen LogP contribution in [0.5, 0.6) is 0 Å². The summed E-state index contributed by atoms with van der Waals surface area (Å²) < 4.78 is 0.592. The zero-order valence-electron chi connectivity index (χ0n) is 9.72. The molecule has 1 heterocycles. The molecule has 1 aromatic heterocycles. The lowest BCUT2D eigenvalue weighted by Gasteiger charge is -2.18. The van der Waals surface area contributed by atoms with Crippen molar-refractivity contribution in [2.24, 2.45) is 5.41 Å². The summed E-state index contributed by atoms with van der Waals surface area (Å²) in [6.07, 6.45) is 0.567. The number of carboxylic acids is 1. The molecule has 0 saturated carbocycles. The molecule has 96 valence electrons. The van der Waals surface area contributed by atoms with Crippen LogP contribution in [-0.2, 0) is 11.3 Å². The van der Waals surface area contributed by atoms with Crippen LogP contribution in [0.1, 0.15) is 25.8 Å². The van der Waals surface area contributed by atoms with E-state index in [0.29, 0.717) is 28.9 Å². The Morgan fingerprint density at radius 3 is 2.65 bits per heavy atom. The number of carbonyl (C=O) groups is 1. The number of hydrogen-bond acceptors (Lipinski definition) is 3. The lowest BCUT2D eigenvalue weighted by atomic mass is 9.90. The van der Waals surface area contributed by atoms with Gasteiger partial charge >= 0.3 is 5.97 Å². The fraction of sp³-hybridized carbons (Fsp3) is 0.545. The molecule has 0 unspecified atom stereocenters. The molecule has 0 atom stereocenters. The SMILES string of the molecule is CC(C)(CCNCc1csc(Cl)c1Cl)C(=O)O. The quantitative estimate of drug-likeness (QED) is 0.788. The van der Waals surface area contributed by atoms with Gasteiger partial charge in [0.1, 0.15) is 4.34 Å². The minimum Gasteiger partial charge on any atom is -0.481 e. The molecule has 0 radical (unpaired) electrons. The van der Waals surface area contributed by atoms with Crippen LogP contribution in [-0.4, -0.2) is 17.6 Å². The number of rotatable bonds is 6. The van der Waals surface area contributed by atoms with Gasteiger partial charge in [-0.1, -0.05) is 23.2 Å². The maximum Gasteiger partial charge on any atom is 0.309 e. The van der Waals surface area contributed by atoms with E-state index in [9.17, 15) is 4.79 Å². The van der Waals surface area contributed by atoms with Crippen LogP contribution >= 0.6 is 34.5 Å². The molecule has 0 aromatic carbocycles. The number of thiophene rings is 1. The van der Waals surface area contributed by atoms with E-state index in [0.717, 1.165) is 5.56 Å². The molecule has 0 aliphatic heterocycles. The molecular formula is C11H15Cl2NO2S. The maximum absolute atomic E-state index is 10.9. The molecule has 0 saturated heterocycles. The van der Waals surface area contributed by atoms with Gasteiger partial charge in [0.15, 0.2) is 0 Å². The van der Waals surface area contributed by atoms with Crippen molar-refractivity contribution in [1.82, 2.24) is 5.32 Å². The Kier molecular flexibility index (Phi) is 5.25. The summed E-state index contributed by atoms with van der Waals surface area (Å²) >= 11 is 13.2. The van der Waals surface area contributed by atoms with Gasteiger partial charge in [0, 0.05) is 6.54 Å². The smallest absolute Gasteiger partial charge is 0.309 e. The molecular weight excluding hydrogens is 281 g/mol. The van der Waals surface area contributed by atoms with Crippen molar-refractivity contribution in [3.8, 4) is 0 Å². The van der Waals surface area contributed by atoms with Crippen molar-refractivity contribution in [2.75, 3.05) is 6.54 Å². The highest BCUT2D eigenvalue weighted by Gasteiger charge is 2.26. The lowest BCUT2D eigenvalue weighted by Crippen LogP contribution is -2.28. The van der Waals surface area contributed by atoms with Crippen molar-refractivity contribution in [2.45, 2.75) is 26.8 Å². The van der Waals surface area contributed by atoms with Gasteiger partial charge in [-0.05, 0) is 37.8 Å². The van der Waals surface area contributed by atoms with Crippen LogP contribution < -0.4 is 5.32 Å². The predicted molar refractivity (Wildman–Crippen MR) is 72.1 cm³/mol. The number of hydrogen-bond donors (Lipinski definition) is 2. The van der Waals surface area contributed by atoms with Crippen LogP contribution in [0.4, 0.5) is 0 Å². The summed E-state index contributed by atoms with van der Waals surface area (Å²) in [5, 5.41) is 14.6. The van der Waals surface area contributed by atoms with E-state index in [2.05, 4.69) is 5.32 Å². The first-order valence-electron chi connectivity index (χ1n) is 5.20. The maximum atomic E-state index is 10.9.